The molecule has 3 N–H and O–H groups in total. The van der Waals surface area contributed by atoms with Crippen molar-refractivity contribution in [3.63, 3.8) is 0 Å². The Hall–Kier alpha value is -3.71. The van der Waals surface area contributed by atoms with E-state index in [1.54, 1.807) is 7.05 Å². The molecule has 0 radical (unpaired) electrons. The summed E-state index contributed by atoms with van der Waals surface area (Å²) in [5.41, 5.74) is 14.5. The van der Waals surface area contributed by atoms with Crippen molar-refractivity contribution < 1.29 is 19.0 Å². The number of nitrogens with two attached hydrogens (primary N) is 1. The molecule has 44 heavy (non-hydrogen) atoms. The first-order valence-electron chi connectivity index (χ1n) is 14.8. The Morgan fingerprint density at radius 1 is 0.886 bits per heavy atom. The molecule has 0 spiro atoms. The number of hydrogen-bond acceptors (Lipinski definition) is 5. The summed E-state index contributed by atoms with van der Waals surface area (Å²) in [6.07, 6.45) is 2.00. The zero-order valence-electron chi connectivity index (χ0n) is 25.5. The Bertz CT molecular complexity index is 1520. The number of carbonyl (C=O) groups is 1. The number of nitrogens with one attached hydrogen (secondary N) is 1. The van der Waals surface area contributed by atoms with Gasteiger partial charge in [-0.25, -0.2) is 4.79 Å². The summed E-state index contributed by atoms with van der Waals surface area (Å²) >= 11 is 12.5. The van der Waals surface area contributed by atoms with E-state index >= 15 is 0 Å². The van der Waals surface area contributed by atoms with Gasteiger partial charge in [0.05, 0.1) is 16.7 Å². The normalized spacial score (nSPS) is 11.6. The van der Waals surface area contributed by atoms with Gasteiger partial charge in [0.2, 0.25) is 0 Å². The highest BCUT2D eigenvalue weighted by Crippen LogP contribution is 2.34. The number of aryl methyl sites for hydroxylation is 3. The monoisotopic (exact) mass is 634 g/mol. The standard InChI is InChI=1S/C36H40Cl2N2O4/c1-24-19-33(37)35(34(38)20-24)43-18-17-42-30-13-10-26(11-14-30)22-29(23-39)31-15-12-28(21-25(31)2)32-9-5-4-7-27(32)8-6-16-44-36(41)40-3/h4-5,7,9-15,19-21,29H,6,8,16-18,22-23,39H2,1-3H3,(H,40,41). The number of carbonyl (C=O) groups excluding carboxylic acids is 1. The first-order chi connectivity index (χ1) is 21.3. The van der Waals surface area contributed by atoms with Gasteiger partial charge in [0.1, 0.15) is 19.0 Å². The molecule has 0 aromatic heterocycles. The number of ether oxygens (including phenoxy) is 3. The maximum absolute atomic E-state index is 11.3. The van der Waals surface area contributed by atoms with Crippen LogP contribution < -0.4 is 20.5 Å². The van der Waals surface area contributed by atoms with Gasteiger partial charge in [0.25, 0.3) is 0 Å². The molecule has 0 bridgehead atoms. The minimum Gasteiger partial charge on any atom is -0.490 e. The predicted octanol–water partition coefficient (Wildman–Crippen LogP) is 8.31. The molecule has 0 heterocycles. The second-order valence-electron chi connectivity index (χ2n) is 10.8. The van der Waals surface area contributed by atoms with E-state index < -0.39 is 6.09 Å². The van der Waals surface area contributed by atoms with E-state index in [9.17, 15) is 4.79 Å². The summed E-state index contributed by atoms with van der Waals surface area (Å²) in [6.45, 7) is 5.69. The van der Waals surface area contributed by atoms with Crippen LogP contribution in [0.1, 0.15) is 40.2 Å². The first kappa shape index (κ1) is 33.2. The zero-order chi connectivity index (χ0) is 31.5. The number of rotatable bonds is 14. The van der Waals surface area contributed by atoms with Gasteiger partial charge in [-0.05, 0) is 103 Å². The average molecular weight is 636 g/mol. The second kappa shape index (κ2) is 16.4. The van der Waals surface area contributed by atoms with Crippen molar-refractivity contribution in [3.8, 4) is 22.6 Å². The number of amides is 1. The van der Waals surface area contributed by atoms with E-state index in [1.807, 2.05) is 37.3 Å². The molecule has 232 valence electrons. The lowest BCUT2D eigenvalue weighted by atomic mass is 9.87. The third-order valence-corrected chi connectivity index (χ3v) is 8.06. The molecule has 0 aliphatic rings. The third-order valence-electron chi connectivity index (χ3n) is 7.50. The van der Waals surface area contributed by atoms with Crippen LogP contribution in [0.3, 0.4) is 0 Å². The highest BCUT2D eigenvalue weighted by molar-refractivity contribution is 6.37. The van der Waals surface area contributed by atoms with Gasteiger partial charge in [-0.2, -0.15) is 0 Å². The van der Waals surface area contributed by atoms with Crippen LogP contribution in [-0.2, 0) is 17.6 Å². The summed E-state index contributed by atoms with van der Waals surface area (Å²) in [6, 6.07) is 26.8. The molecule has 0 saturated heterocycles. The maximum Gasteiger partial charge on any atom is 0.406 e. The smallest absolute Gasteiger partial charge is 0.406 e. The van der Waals surface area contributed by atoms with Gasteiger partial charge < -0.3 is 25.3 Å². The Morgan fingerprint density at radius 3 is 2.27 bits per heavy atom. The third kappa shape index (κ3) is 9.15. The van der Waals surface area contributed by atoms with Crippen molar-refractivity contribution >= 4 is 29.3 Å². The zero-order valence-corrected chi connectivity index (χ0v) is 27.0. The summed E-state index contributed by atoms with van der Waals surface area (Å²) in [7, 11) is 1.56. The number of hydrogen-bond donors (Lipinski definition) is 2. The van der Waals surface area contributed by atoms with Gasteiger partial charge >= 0.3 is 6.09 Å². The molecular weight excluding hydrogens is 595 g/mol. The fourth-order valence-corrected chi connectivity index (χ4v) is 5.98. The Labute approximate surface area is 270 Å². The quantitative estimate of drug-likeness (QED) is 0.136. The minimum absolute atomic E-state index is 0.185. The fourth-order valence-electron chi connectivity index (χ4n) is 5.28. The largest absolute Gasteiger partial charge is 0.490 e. The van der Waals surface area contributed by atoms with Gasteiger partial charge in [0.15, 0.2) is 5.75 Å². The van der Waals surface area contributed by atoms with Crippen molar-refractivity contribution in [2.45, 2.75) is 39.0 Å². The van der Waals surface area contributed by atoms with E-state index in [0.717, 1.165) is 30.6 Å². The van der Waals surface area contributed by atoms with Crippen LogP contribution >= 0.6 is 23.2 Å². The lowest BCUT2D eigenvalue weighted by Crippen LogP contribution is -2.19. The van der Waals surface area contributed by atoms with Crippen LogP contribution in [0.5, 0.6) is 11.5 Å². The van der Waals surface area contributed by atoms with Crippen LogP contribution in [0.4, 0.5) is 4.79 Å². The van der Waals surface area contributed by atoms with Gasteiger partial charge in [0, 0.05) is 13.0 Å². The Balaban J connectivity index is 1.34. The molecular formula is C36H40Cl2N2O4. The number of alkyl carbamates (subject to hydrolysis) is 1. The molecule has 4 aromatic rings. The fraction of sp³-hybridized carbons (Fsp3) is 0.306. The molecule has 0 saturated carbocycles. The van der Waals surface area contributed by atoms with E-state index in [0.29, 0.717) is 42.2 Å². The SMILES string of the molecule is CNC(=O)OCCCc1ccccc1-c1ccc(C(CN)Cc2ccc(OCCOc3c(Cl)cc(C)cc3Cl)cc2)c(C)c1. The summed E-state index contributed by atoms with van der Waals surface area (Å²) in [4.78, 5) is 11.3. The van der Waals surface area contributed by atoms with Crippen molar-refractivity contribution in [2.24, 2.45) is 5.73 Å². The van der Waals surface area contributed by atoms with Crippen molar-refractivity contribution in [1.82, 2.24) is 5.32 Å². The highest BCUT2D eigenvalue weighted by atomic mass is 35.5. The Morgan fingerprint density at radius 2 is 1.59 bits per heavy atom. The van der Waals surface area contributed by atoms with Crippen LogP contribution in [-0.4, -0.2) is 39.5 Å². The van der Waals surface area contributed by atoms with Crippen LogP contribution in [0.25, 0.3) is 11.1 Å². The molecule has 8 heteroatoms. The minimum atomic E-state index is -0.403. The molecule has 6 nitrogen and oxygen atoms in total. The molecule has 1 amide bonds. The second-order valence-corrected chi connectivity index (χ2v) is 11.6. The molecule has 1 unspecified atom stereocenters. The molecule has 4 rings (SSSR count). The van der Waals surface area contributed by atoms with E-state index in [1.165, 1.54) is 33.4 Å². The topological polar surface area (TPSA) is 82.8 Å². The maximum atomic E-state index is 11.3. The van der Waals surface area contributed by atoms with Crippen molar-refractivity contribution in [3.05, 3.63) is 117 Å². The van der Waals surface area contributed by atoms with Crippen LogP contribution in [0, 0.1) is 13.8 Å². The highest BCUT2D eigenvalue weighted by Gasteiger charge is 2.15. The summed E-state index contributed by atoms with van der Waals surface area (Å²) < 4.78 is 16.8. The van der Waals surface area contributed by atoms with Gasteiger partial charge in [-0.3, -0.25) is 0 Å². The number of benzene rings is 4. The molecule has 1 atom stereocenters. The lowest BCUT2D eigenvalue weighted by molar-refractivity contribution is 0.147. The van der Waals surface area contributed by atoms with E-state index in [2.05, 4.69) is 60.8 Å². The van der Waals surface area contributed by atoms with Crippen LogP contribution in [0.15, 0.2) is 78.9 Å². The van der Waals surface area contributed by atoms with E-state index in [4.69, 9.17) is 43.1 Å². The molecule has 4 aromatic carbocycles. The Kier molecular flexibility index (Phi) is 12.4. The lowest BCUT2D eigenvalue weighted by Gasteiger charge is -2.20. The van der Waals surface area contributed by atoms with Gasteiger partial charge in [-0.15, -0.1) is 0 Å². The summed E-state index contributed by atoms with van der Waals surface area (Å²) in [5, 5.41) is 3.46. The molecule has 0 aliphatic heterocycles. The van der Waals surface area contributed by atoms with Crippen molar-refractivity contribution in [2.75, 3.05) is 33.4 Å². The van der Waals surface area contributed by atoms with Crippen molar-refractivity contribution in [1.29, 1.82) is 0 Å². The predicted molar refractivity (Wildman–Crippen MR) is 179 cm³/mol. The molecule has 0 aliphatic carbocycles. The van der Waals surface area contributed by atoms with Crippen LogP contribution in [0.2, 0.25) is 10.0 Å². The summed E-state index contributed by atoms with van der Waals surface area (Å²) in [5.74, 6) is 1.43. The average Bonchev–Trinajstić information content (AvgIpc) is 3.02. The number of halogens is 2. The van der Waals surface area contributed by atoms with Gasteiger partial charge in [-0.1, -0.05) is 77.8 Å². The van der Waals surface area contributed by atoms with E-state index in [-0.39, 0.29) is 5.92 Å². The molecule has 0 fully saturated rings. The first-order valence-corrected chi connectivity index (χ1v) is 15.6.